The zero-order valence-electron chi connectivity index (χ0n) is 13.1. The second kappa shape index (κ2) is 8.45. The van der Waals surface area contributed by atoms with E-state index < -0.39 is 5.91 Å². The van der Waals surface area contributed by atoms with E-state index >= 15 is 0 Å². The molecule has 0 saturated carbocycles. The van der Waals surface area contributed by atoms with Gasteiger partial charge in [-0.3, -0.25) is 14.8 Å². The van der Waals surface area contributed by atoms with E-state index in [1.807, 2.05) is 12.1 Å². The number of nitrogens with one attached hydrogen (secondary N) is 1. The molecule has 0 spiro atoms. The standard InChI is InChI=1S/C19H17NO4/c1-24-17-4-2-3-16(13-17)18(21)11-9-14-5-7-15(8-6-14)10-12-19(22)20-23/h2-13,23H,1H3,(H,20,22)/b11-9+,12-10+. The van der Waals surface area contributed by atoms with Crippen LogP contribution in [-0.4, -0.2) is 24.0 Å². The number of carbonyl (C=O) groups excluding carboxylic acids is 2. The molecule has 0 bridgehead atoms. The van der Waals surface area contributed by atoms with E-state index in [0.717, 1.165) is 11.1 Å². The summed E-state index contributed by atoms with van der Waals surface area (Å²) in [5, 5.41) is 8.41. The van der Waals surface area contributed by atoms with Crippen LogP contribution in [0.5, 0.6) is 5.75 Å². The molecular weight excluding hydrogens is 306 g/mol. The molecule has 0 aliphatic carbocycles. The molecule has 5 heteroatoms. The second-order valence-corrected chi connectivity index (χ2v) is 4.91. The summed E-state index contributed by atoms with van der Waals surface area (Å²) >= 11 is 0. The molecule has 0 heterocycles. The van der Waals surface area contributed by atoms with Crippen LogP contribution in [0.4, 0.5) is 0 Å². The molecule has 2 N–H and O–H groups in total. The third-order valence-corrected chi connectivity index (χ3v) is 3.26. The maximum atomic E-state index is 12.1. The Labute approximate surface area is 139 Å². The molecule has 0 aromatic heterocycles. The molecule has 0 fully saturated rings. The largest absolute Gasteiger partial charge is 0.497 e. The van der Waals surface area contributed by atoms with Gasteiger partial charge in [-0.25, -0.2) is 5.48 Å². The van der Waals surface area contributed by atoms with E-state index in [1.54, 1.807) is 55.7 Å². The molecule has 0 atom stereocenters. The summed E-state index contributed by atoms with van der Waals surface area (Å²) in [7, 11) is 1.56. The van der Waals surface area contributed by atoms with Gasteiger partial charge in [-0.2, -0.15) is 0 Å². The van der Waals surface area contributed by atoms with Crippen LogP contribution in [0, 0.1) is 0 Å². The van der Waals surface area contributed by atoms with Crippen molar-refractivity contribution in [2.45, 2.75) is 0 Å². The predicted octanol–water partition coefficient (Wildman–Crippen LogP) is 3.11. The Balaban J connectivity index is 2.04. The number of allylic oxidation sites excluding steroid dienone is 1. The molecule has 122 valence electrons. The summed E-state index contributed by atoms with van der Waals surface area (Å²) in [6.07, 6.45) is 6.01. The number of ketones is 1. The van der Waals surface area contributed by atoms with Crippen molar-refractivity contribution in [1.82, 2.24) is 5.48 Å². The van der Waals surface area contributed by atoms with Crippen molar-refractivity contribution in [2.24, 2.45) is 0 Å². The van der Waals surface area contributed by atoms with Crippen LogP contribution in [0.25, 0.3) is 12.2 Å². The highest BCUT2D eigenvalue weighted by Crippen LogP contribution is 2.14. The quantitative estimate of drug-likeness (QED) is 0.371. The van der Waals surface area contributed by atoms with Crippen molar-refractivity contribution in [2.75, 3.05) is 7.11 Å². The first-order chi connectivity index (χ1) is 11.6. The smallest absolute Gasteiger partial charge is 0.267 e. The van der Waals surface area contributed by atoms with Crippen molar-refractivity contribution >= 4 is 23.8 Å². The lowest BCUT2D eigenvalue weighted by atomic mass is 10.1. The molecule has 0 aliphatic rings. The number of hydrogen-bond acceptors (Lipinski definition) is 4. The lowest BCUT2D eigenvalue weighted by Gasteiger charge is -2.01. The average molecular weight is 323 g/mol. The van der Waals surface area contributed by atoms with E-state index in [9.17, 15) is 9.59 Å². The highest BCUT2D eigenvalue weighted by Gasteiger charge is 2.02. The molecule has 0 saturated heterocycles. The highest BCUT2D eigenvalue weighted by atomic mass is 16.5. The lowest BCUT2D eigenvalue weighted by Crippen LogP contribution is -2.14. The van der Waals surface area contributed by atoms with E-state index in [1.165, 1.54) is 17.6 Å². The molecule has 0 aliphatic heterocycles. The topological polar surface area (TPSA) is 75.6 Å². The molecular formula is C19H17NO4. The van der Waals surface area contributed by atoms with Crippen molar-refractivity contribution in [1.29, 1.82) is 0 Å². The normalized spacial score (nSPS) is 10.9. The van der Waals surface area contributed by atoms with E-state index in [4.69, 9.17) is 9.94 Å². The first-order valence-corrected chi connectivity index (χ1v) is 7.21. The third kappa shape index (κ3) is 4.93. The number of hydroxylamine groups is 1. The Morgan fingerprint density at radius 1 is 1.00 bits per heavy atom. The summed E-state index contributed by atoms with van der Waals surface area (Å²) in [5.41, 5.74) is 3.73. The van der Waals surface area contributed by atoms with Gasteiger partial charge in [-0.1, -0.05) is 42.5 Å². The second-order valence-electron chi connectivity index (χ2n) is 4.91. The number of rotatable bonds is 6. The van der Waals surface area contributed by atoms with Crippen molar-refractivity contribution in [3.8, 4) is 5.75 Å². The minimum Gasteiger partial charge on any atom is -0.497 e. The van der Waals surface area contributed by atoms with Crippen molar-refractivity contribution in [3.05, 3.63) is 77.4 Å². The van der Waals surface area contributed by atoms with Gasteiger partial charge in [0.1, 0.15) is 5.75 Å². The van der Waals surface area contributed by atoms with Crippen LogP contribution >= 0.6 is 0 Å². The van der Waals surface area contributed by atoms with Crippen molar-refractivity contribution < 1.29 is 19.5 Å². The maximum Gasteiger partial charge on any atom is 0.267 e. The van der Waals surface area contributed by atoms with Gasteiger partial charge in [0, 0.05) is 11.6 Å². The van der Waals surface area contributed by atoms with Gasteiger partial charge >= 0.3 is 0 Å². The van der Waals surface area contributed by atoms with E-state index in [-0.39, 0.29) is 5.78 Å². The maximum absolute atomic E-state index is 12.1. The molecule has 0 unspecified atom stereocenters. The van der Waals surface area contributed by atoms with E-state index in [2.05, 4.69) is 0 Å². The number of benzene rings is 2. The highest BCUT2D eigenvalue weighted by molar-refractivity contribution is 6.07. The van der Waals surface area contributed by atoms with Crippen LogP contribution < -0.4 is 10.2 Å². The molecule has 24 heavy (non-hydrogen) atoms. The third-order valence-electron chi connectivity index (χ3n) is 3.26. The molecule has 0 radical (unpaired) electrons. The zero-order chi connectivity index (χ0) is 17.4. The summed E-state index contributed by atoms with van der Waals surface area (Å²) in [4.78, 5) is 23.0. The minimum absolute atomic E-state index is 0.113. The van der Waals surface area contributed by atoms with Gasteiger partial charge in [0.15, 0.2) is 5.78 Å². The summed E-state index contributed by atoms with van der Waals surface area (Å²) in [6.45, 7) is 0. The fraction of sp³-hybridized carbons (Fsp3) is 0.0526. The molecule has 2 aromatic rings. The van der Waals surface area contributed by atoms with Crippen LogP contribution in [0.1, 0.15) is 21.5 Å². The fourth-order valence-corrected chi connectivity index (χ4v) is 1.97. The molecule has 2 rings (SSSR count). The Morgan fingerprint density at radius 3 is 2.21 bits per heavy atom. The van der Waals surface area contributed by atoms with Gasteiger partial charge in [0.2, 0.25) is 0 Å². The number of hydrogen-bond donors (Lipinski definition) is 2. The van der Waals surface area contributed by atoms with Crippen LogP contribution in [0.15, 0.2) is 60.7 Å². The molecule has 1 amide bonds. The summed E-state index contributed by atoms with van der Waals surface area (Å²) < 4.78 is 5.10. The van der Waals surface area contributed by atoms with Gasteiger partial charge < -0.3 is 4.74 Å². The first-order valence-electron chi connectivity index (χ1n) is 7.21. The van der Waals surface area contributed by atoms with Gasteiger partial charge in [-0.05, 0) is 35.4 Å². The minimum atomic E-state index is -0.595. The number of methoxy groups -OCH3 is 1. The number of ether oxygens (including phenoxy) is 1. The SMILES string of the molecule is COc1cccc(C(=O)/C=C/c2ccc(/C=C/C(=O)NO)cc2)c1. The Kier molecular flexibility index (Phi) is 6.05. The summed E-state index contributed by atoms with van der Waals surface area (Å²) in [5.74, 6) is -0.0716. The average Bonchev–Trinajstić information content (AvgIpc) is 2.64. The van der Waals surface area contributed by atoms with Gasteiger partial charge in [-0.15, -0.1) is 0 Å². The number of amides is 1. The predicted molar refractivity (Wildman–Crippen MR) is 91.8 cm³/mol. The van der Waals surface area contributed by atoms with Crippen LogP contribution in [0.2, 0.25) is 0 Å². The summed E-state index contributed by atoms with van der Waals surface area (Å²) in [6, 6.07) is 14.2. The van der Waals surface area contributed by atoms with Crippen molar-refractivity contribution in [3.63, 3.8) is 0 Å². The zero-order valence-corrected chi connectivity index (χ0v) is 13.1. The Bertz CT molecular complexity index is 776. The van der Waals surface area contributed by atoms with Crippen LogP contribution in [-0.2, 0) is 4.79 Å². The van der Waals surface area contributed by atoms with Gasteiger partial charge in [0.05, 0.1) is 7.11 Å². The molecule has 2 aromatic carbocycles. The number of carbonyl (C=O) groups is 2. The monoisotopic (exact) mass is 323 g/mol. The first kappa shape index (κ1) is 17.2. The van der Waals surface area contributed by atoms with Crippen LogP contribution in [0.3, 0.4) is 0 Å². The Morgan fingerprint density at radius 2 is 1.62 bits per heavy atom. The van der Waals surface area contributed by atoms with Gasteiger partial charge in [0.25, 0.3) is 5.91 Å². The van der Waals surface area contributed by atoms with E-state index in [0.29, 0.717) is 11.3 Å². The lowest BCUT2D eigenvalue weighted by molar-refractivity contribution is -0.124. The molecule has 5 nitrogen and oxygen atoms in total. The Hall–Kier alpha value is -3.18. The fourth-order valence-electron chi connectivity index (χ4n) is 1.97.